The molecule has 0 spiro atoms. The molecule has 4 rings (SSSR count). The van der Waals surface area contributed by atoms with Gasteiger partial charge in [-0.2, -0.15) is 10.1 Å². The minimum absolute atomic E-state index is 0.127. The van der Waals surface area contributed by atoms with Crippen LogP contribution < -0.4 is 10.9 Å². The second kappa shape index (κ2) is 6.69. The minimum atomic E-state index is -0.957. The Bertz CT molecular complexity index is 872. The van der Waals surface area contributed by atoms with Gasteiger partial charge in [-0.1, -0.05) is 12.8 Å². The summed E-state index contributed by atoms with van der Waals surface area (Å²) in [5.74, 6) is 0.0382. The van der Waals surface area contributed by atoms with Crippen molar-refractivity contribution in [3.8, 4) is 0 Å². The summed E-state index contributed by atoms with van der Waals surface area (Å²) in [6, 6.07) is -0.344. The predicted octanol–water partition coefficient (Wildman–Crippen LogP) is 1.61. The maximum Gasteiger partial charge on any atom is 0.263 e. The van der Waals surface area contributed by atoms with Crippen molar-refractivity contribution in [3.05, 3.63) is 16.6 Å². The first kappa shape index (κ1) is 17.0. The molecule has 3 heterocycles. The fourth-order valence-electron chi connectivity index (χ4n) is 3.88. The summed E-state index contributed by atoms with van der Waals surface area (Å²) in [6.07, 6.45) is 5.32. The van der Waals surface area contributed by atoms with Gasteiger partial charge in [0, 0.05) is 6.54 Å². The zero-order chi connectivity index (χ0) is 18.3. The number of nitrogens with one attached hydrogen (secondary N) is 2. The molecular formula is C17H23FN6O2. The molecule has 26 heavy (non-hydrogen) atoms. The van der Waals surface area contributed by atoms with Crippen molar-refractivity contribution in [3.63, 3.8) is 0 Å². The Morgan fingerprint density at radius 2 is 2.15 bits per heavy atom. The number of aromatic amines is 1. The first-order chi connectivity index (χ1) is 12.5. The minimum Gasteiger partial charge on any atom is -0.344 e. The molecule has 1 saturated carbocycles. The Morgan fingerprint density at radius 3 is 2.85 bits per heavy atom. The fourth-order valence-corrected chi connectivity index (χ4v) is 3.88. The van der Waals surface area contributed by atoms with Crippen molar-refractivity contribution in [2.75, 3.05) is 18.4 Å². The van der Waals surface area contributed by atoms with Crippen LogP contribution in [0.1, 0.15) is 45.1 Å². The van der Waals surface area contributed by atoms with Gasteiger partial charge in [-0.25, -0.2) is 9.07 Å². The van der Waals surface area contributed by atoms with Crippen molar-refractivity contribution >= 4 is 22.9 Å². The number of nitrogens with zero attached hydrogens (tertiary/aromatic N) is 4. The van der Waals surface area contributed by atoms with Crippen LogP contribution in [0.5, 0.6) is 0 Å². The number of anilines is 1. The van der Waals surface area contributed by atoms with Crippen LogP contribution >= 0.6 is 0 Å². The highest BCUT2D eigenvalue weighted by Gasteiger charge is 2.29. The summed E-state index contributed by atoms with van der Waals surface area (Å²) in [5.41, 5.74) is 0.249. The van der Waals surface area contributed by atoms with E-state index < -0.39 is 12.2 Å². The molecule has 1 aliphatic heterocycles. The lowest BCUT2D eigenvalue weighted by Gasteiger charge is -2.21. The van der Waals surface area contributed by atoms with E-state index in [9.17, 15) is 14.0 Å². The number of carbonyl (C=O) groups excluding carboxylic acids is 1. The summed E-state index contributed by atoms with van der Waals surface area (Å²) < 4.78 is 15.1. The zero-order valence-corrected chi connectivity index (χ0v) is 14.7. The van der Waals surface area contributed by atoms with E-state index >= 15 is 0 Å². The number of aromatic nitrogens is 4. The molecule has 2 fully saturated rings. The van der Waals surface area contributed by atoms with E-state index in [1.54, 1.807) is 13.1 Å². The van der Waals surface area contributed by atoms with Crippen LogP contribution in [0.3, 0.4) is 0 Å². The number of likely N-dealkylation sites (tertiary alicyclic amines) is 1. The number of H-pyrrole nitrogens is 1. The summed E-state index contributed by atoms with van der Waals surface area (Å²) in [5, 5.41) is 7.75. The van der Waals surface area contributed by atoms with Crippen LogP contribution in [0.15, 0.2) is 11.0 Å². The van der Waals surface area contributed by atoms with Gasteiger partial charge in [0.15, 0.2) is 5.65 Å². The van der Waals surface area contributed by atoms with Crippen molar-refractivity contribution < 1.29 is 9.18 Å². The smallest absolute Gasteiger partial charge is 0.263 e. The van der Waals surface area contributed by atoms with Crippen LogP contribution in [-0.2, 0) is 4.79 Å². The second-order valence-electron chi connectivity index (χ2n) is 7.22. The third-order valence-corrected chi connectivity index (χ3v) is 5.30. The number of amides is 1. The van der Waals surface area contributed by atoms with E-state index in [4.69, 9.17) is 0 Å². The van der Waals surface area contributed by atoms with Crippen LogP contribution in [0.25, 0.3) is 11.0 Å². The van der Waals surface area contributed by atoms with Gasteiger partial charge >= 0.3 is 0 Å². The molecule has 0 bridgehead atoms. The van der Waals surface area contributed by atoms with Crippen LogP contribution in [0.2, 0.25) is 0 Å². The molecule has 2 aromatic rings. The normalized spacial score (nSPS) is 22.2. The molecule has 1 amide bonds. The maximum atomic E-state index is 13.3. The van der Waals surface area contributed by atoms with Gasteiger partial charge in [-0.15, -0.1) is 0 Å². The molecule has 2 N–H and O–H groups in total. The number of alkyl halides is 1. The third-order valence-electron chi connectivity index (χ3n) is 5.30. The standard InChI is InChI=1S/C17H23FN6O2/c1-10(16(26)23-7-6-11(18)9-23)20-17-21-14-13(15(25)22-17)8-19-24(14)12-4-2-3-5-12/h8,10-12H,2-7,9H2,1H3,(H2,20,21,22,25)/t10-,11-/m1/s1. The van der Waals surface area contributed by atoms with Crippen molar-refractivity contribution in [2.24, 2.45) is 0 Å². The Hall–Kier alpha value is -2.45. The molecule has 1 saturated heterocycles. The highest BCUT2D eigenvalue weighted by molar-refractivity contribution is 5.84. The predicted molar refractivity (Wildman–Crippen MR) is 94.8 cm³/mol. The quantitative estimate of drug-likeness (QED) is 0.861. The summed E-state index contributed by atoms with van der Waals surface area (Å²) in [4.78, 5) is 33.4. The highest BCUT2D eigenvalue weighted by atomic mass is 19.1. The lowest BCUT2D eigenvalue weighted by Crippen LogP contribution is -2.40. The van der Waals surface area contributed by atoms with Gasteiger partial charge in [-0.05, 0) is 26.2 Å². The topological polar surface area (TPSA) is 95.9 Å². The molecule has 2 atom stereocenters. The Balaban J connectivity index is 1.57. The average molecular weight is 362 g/mol. The van der Waals surface area contributed by atoms with Crippen molar-refractivity contribution in [1.82, 2.24) is 24.6 Å². The van der Waals surface area contributed by atoms with E-state index in [0.29, 0.717) is 24.0 Å². The summed E-state index contributed by atoms with van der Waals surface area (Å²) in [7, 11) is 0. The molecule has 2 aliphatic rings. The van der Waals surface area contributed by atoms with Crippen molar-refractivity contribution in [1.29, 1.82) is 0 Å². The summed E-state index contributed by atoms with van der Waals surface area (Å²) >= 11 is 0. The molecule has 2 aromatic heterocycles. The first-order valence-electron chi connectivity index (χ1n) is 9.20. The third kappa shape index (κ3) is 3.06. The molecule has 0 aromatic carbocycles. The second-order valence-corrected chi connectivity index (χ2v) is 7.22. The SMILES string of the molecule is C[C@@H](Nc1nc2c(cnn2C2CCCC2)c(=O)[nH]1)C(=O)N1CC[C@@H](F)C1. The van der Waals surface area contributed by atoms with Gasteiger partial charge in [0.05, 0.1) is 18.8 Å². The van der Waals surface area contributed by atoms with E-state index in [0.717, 1.165) is 25.7 Å². The van der Waals surface area contributed by atoms with E-state index in [-0.39, 0.29) is 30.0 Å². The largest absolute Gasteiger partial charge is 0.344 e. The van der Waals surface area contributed by atoms with E-state index in [1.165, 1.54) is 4.90 Å². The van der Waals surface area contributed by atoms with Gasteiger partial charge in [0.2, 0.25) is 11.9 Å². The number of rotatable bonds is 4. The van der Waals surface area contributed by atoms with Gasteiger partial charge in [-0.3, -0.25) is 14.6 Å². The monoisotopic (exact) mass is 362 g/mol. The Morgan fingerprint density at radius 1 is 1.38 bits per heavy atom. The molecule has 140 valence electrons. The van der Waals surface area contributed by atoms with E-state index in [2.05, 4.69) is 20.4 Å². The van der Waals surface area contributed by atoms with Gasteiger partial charge < -0.3 is 10.2 Å². The Kier molecular flexibility index (Phi) is 4.37. The van der Waals surface area contributed by atoms with Gasteiger partial charge in [0.25, 0.3) is 5.56 Å². The maximum absolute atomic E-state index is 13.3. The Labute approximate surface area is 149 Å². The van der Waals surface area contributed by atoms with Crippen molar-refractivity contribution in [2.45, 2.75) is 57.3 Å². The van der Waals surface area contributed by atoms with Crippen LogP contribution in [0, 0.1) is 0 Å². The average Bonchev–Trinajstić information content (AvgIpc) is 3.33. The number of fused-ring (bicyclic) bond motifs is 1. The molecule has 0 radical (unpaired) electrons. The van der Waals surface area contributed by atoms with Crippen LogP contribution in [-0.4, -0.2) is 55.9 Å². The van der Waals surface area contributed by atoms with Crippen LogP contribution in [0.4, 0.5) is 10.3 Å². The first-order valence-corrected chi connectivity index (χ1v) is 9.20. The van der Waals surface area contributed by atoms with Gasteiger partial charge in [0.1, 0.15) is 17.6 Å². The lowest BCUT2D eigenvalue weighted by atomic mass is 10.2. The number of hydrogen-bond donors (Lipinski definition) is 2. The lowest BCUT2D eigenvalue weighted by molar-refractivity contribution is -0.130. The molecule has 1 aliphatic carbocycles. The number of hydrogen-bond acceptors (Lipinski definition) is 5. The molecular weight excluding hydrogens is 339 g/mol. The number of halogens is 1. The summed E-state index contributed by atoms with van der Waals surface area (Å²) in [6.45, 7) is 2.23. The van der Waals surface area contributed by atoms with E-state index in [1.807, 2.05) is 4.68 Å². The number of carbonyl (C=O) groups is 1. The highest BCUT2D eigenvalue weighted by Crippen LogP contribution is 2.30. The molecule has 9 heteroatoms. The fraction of sp³-hybridized carbons (Fsp3) is 0.647. The molecule has 8 nitrogen and oxygen atoms in total. The zero-order valence-electron chi connectivity index (χ0n) is 14.7. The molecule has 0 unspecified atom stereocenters.